The van der Waals surface area contributed by atoms with Crippen LogP contribution in [0.3, 0.4) is 0 Å². The predicted molar refractivity (Wildman–Crippen MR) is 105 cm³/mol. The molecule has 1 unspecified atom stereocenters. The zero-order chi connectivity index (χ0) is 18.1. The highest BCUT2D eigenvalue weighted by Gasteiger charge is 2.15. The Morgan fingerprint density at radius 1 is 1.28 bits per heavy atom. The van der Waals surface area contributed by atoms with Crippen LogP contribution in [0, 0.1) is 0 Å². The summed E-state index contributed by atoms with van der Waals surface area (Å²) < 4.78 is 5.68. The summed E-state index contributed by atoms with van der Waals surface area (Å²) in [7, 11) is 2.16. The normalized spacial score (nSPS) is 18.2. The van der Waals surface area contributed by atoms with Crippen molar-refractivity contribution in [3.05, 3.63) is 35.4 Å². The summed E-state index contributed by atoms with van der Waals surface area (Å²) in [6.45, 7) is 10.7. The van der Waals surface area contributed by atoms with Gasteiger partial charge in [0.2, 0.25) is 0 Å². The van der Waals surface area contributed by atoms with E-state index in [9.17, 15) is 0 Å². The smallest absolute Gasteiger partial charge is 0.191 e. The number of benzene rings is 1. The van der Waals surface area contributed by atoms with Gasteiger partial charge in [0.1, 0.15) is 0 Å². The third kappa shape index (κ3) is 6.67. The Labute approximate surface area is 152 Å². The van der Waals surface area contributed by atoms with Gasteiger partial charge in [0.25, 0.3) is 0 Å². The van der Waals surface area contributed by atoms with E-state index in [0.717, 1.165) is 45.0 Å². The summed E-state index contributed by atoms with van der Waals surface area (Å²) in [5.41, 5.74) is 2.63. The molecule has 0 saturated carbocycles. The van der Waals surface area contributed by atoms with Crippen LogP contribution in [0.25, 0.3) is 0 Å². The second-order valence-corrected chi connectivity index (χ2v) is 6.99. The summed E-state index contributed by atoms with van der Waals surface area (Å²) in [4.78, 5) is 7.13. The van der Waals surface area contributed by atoms with Crippen LogP contribution in [0.4, 0.5) is 0 Å². The molecule has 0 bridgehead atoms. The number of aliphatic imine (C=N–C) groups is 1. The van der Waals surface area contributed by atoms with Crippen LogP contribution >= 0.6 is 0 Å². The van der Waals surface area contributed by atoms with E-state index >= 15 is 0 Å². The molecule has 0 spiro atoms. The molecule has 1 fully saturated rings. The number of nitrogens with one attached hydrogen (secondary N) is 2. The van der Waals surface area contributed by atoms with Crippen LogP contribution in [-0.4, -0.2) is 49.7 Å². The lowest BCUT2D eigenvalue weighted by Gasteiger charge is -2.22. The zero-order valence-electron chi connectivity index (χ0n) is 16.2. The van der Waals surface area contributed by atoms with Crippen molar-refractivity contribution < 1.29 is 4.74 Å². The minimum Gasteiger partial charge on any atom is -0.376 e. The summed E-state index contributed by atoms with van der Waals surface area (Å²) in [5.74, 6) is 0.866. The van der Waals surface area contributed by atoms with E-state index in [4.69, 9.17) is 9.73 Å². The number of hydrogen-bond acceptors (Lipinski definition) is 3. The molecule has 0 aliphatic carbocycles. The number of rotatable bonds is 8. The predicted octanol–water partition coefficient (Wildman–Crippen LogP) is 2.76. The average Bonchev–Trinajstić information content (AvgIpc) is 3.12. The first kappa shape index (κ1) is 19.7. The first-order chi connectivity index (χ1) is 12.1. The highest BCUT2D eigenvalue weighted by molar-refractivity contribution is 5.79. The molecule has 1 aromatic rings. The SMILES string of the molecule is CCNC(=NCc1ccccc1CN(C)C(C)C)NCC1CCCO1. The molecule has 1 aromatic carbocycles. The van der Waals surface area contributed by atoms with Crippen molar-refractivity contribution in [3.8, 4) is 0 Å². The van der Waals surface area contributed by atoms with Crippen LogP contribution in [0.1, 0.15) is 44.7 Å². The largest absolute Gasteiger partial charge is 0.376 e. The maximum Gasteiger partial charge on any atom is 0.191 e. The van der Waals surface area contributed by atoms with Crippen LogP contribution < -0.4 is 10.6 Å². The van der Waals surface area contributed by atoms with Gasteiger partial charge >= 0.3 is 0 Å². The lowest BCUT2D eigenvalue weighted by atomic mass is 10.1. The molecule has 140 valence electrons. The third-order valence-electron chi connectivity index (χ3n) is 4.69. The number of ether oxygens (including phenoxy) is 1. The minimum absolute atomic E-state index is 0.316. The summed E-state index contributed by atoms with van der Waals surface area (Å²) in [6.07, 6.45) is 2.61. The summed E-state index contributed by atoms with van der Waals surface area (Å²) in [5, 5.41) is 6.74. The molecule has 5 nitrogen and oxygen atoms in total. The van der Waals surface area contributed by atoms with Crippen molar-refractivity contribution in [1.29, 1.82) is 0 Å². The van der Waals surface area contributed by atoms with Gasteiger partial charge in [0.15, 0.2) is 5.96 Å². The first-order valence-corrected chi connectivity index (χ1v) is 9.51. The van der Waals surface area contributed by atoms with Gasteiger partial charge in [-0.25, -0.2) is 4.99 Å². The zero-order valence-corrected chi connectivity index (χ0v) is 16.2. The van der Waals surface area contributed by atoms with Crippen molar-refractivity contribution in [3.63, 3.8) is 0 Å². The fourth-order valence-electron chi connectivity index (χ4n) is 2.84. The van der Waals surface area contributed by atoms with E-state index in [2.05, 4.69) is 67.6 Å². The standard InChI is InChI=1S/C20H34N4O/c1-5-21-20(23-14-19-11-8-12-25-19)22-13-17-9-6-7-10-18(17)15-24(4)16(2)3/h6-7,9-10,16,19H,5,8,11-15H2,1-4H3,(H2,21,22,23). The Balaban J connectivity index is 1.98. The van der Waals surface area contributed by atoms with E-state index in [1.807, 2.05) is 0 Å². The lowest BCUT2D eigenvalue weighted by Crippen LogP contribution is -2.41. The van der Waals surface area contributed by atoms with Gasteiger partial charge in [-0.1, -0.05) is 24.3 Å². The number of nitrogens with zero attached hydrogens (tertiary/aromatic N) is 2. The minimum atomic E-state index is 0.316. The van der Waals surface area contributed by atoms with Crippen LogP contribution in [0.2, 0.25) is 0 Å². The fourth-order valence-corrected chi connectivity index (χ4v) is 2.84. The van der Waals surface area contributed by atoms with Gasteiger partial charge in [0, 0.05) is 32.3 Å². The van der Waals surface area contributed by atoms with Crippen molar-refractivity contribution in [2.75, 3.05) is 26.7 Å². The fraction of sp³-hybridized carbons (Fsp3) is 0.650. The van der Waals surface area contributed by atoms with E-state index in [1.165, 1.54) is 11.1 Å². The van der Waals surface area contributed by atoms with Gasteiger partial charge in [0.05, 0.1) is 12.6 Å². The van der Waals surface area contributed by atoms with Crippen molar-refractivity contribution >= 4 is 5.96 Å². The second kappa shape index (κ2) is 10.4. The molecule has 2 N–H and O–H groups in total. The average molecular weight is 347 g/mol. The number of hydrogen-bond donors (Lipinski definition) is 2. The molecule has 0 radical (unpaired) electrons. The Morgan fingerprint density at radius 2 is 2.04 bits per heavy atom. The second-order valence-electron chi connectivity index (χ2n) is 6.99. The highest BCUT2D eigenvalue weighted by atomic mass is 16.5. The molecule has 1 aliphatic rings. The maximum atomic E-state index is 5.68. The van der Waals surface area contributed by atoms with Gasteiger partial charge in [-0.05, 0) is 51.8 Å². The third-order valence-corrected chi connectivity index (χ3v) is 4.69. The quantitative estimate of drug-likeness (QED) is 0.561. The molecule has 0 aromatic heterocycles. The summed E-state index contributed by atoms with van der Waals surface area (Å²) >= 11 is 0. The Bertz CT molecular complexity index is 538. The first-order valence-electron chi connectivity index (χ1n) is 9.51. The van der Waals surface area contributed by atoms with Crippen LogP contribution in [0.5, 0.6) is 0 Å². The molecule has 25 heavy (non-hydrogen) atoms. The van der Waals surface area contributed by atoms with E-state index in [1.54, 1.807) is 0 Å². The van der Waals surface area contributed by atoms with Crippen molar-refractivity contribution in [2.24, 2.45) is 4.99 Å². The van der Waals surface area contributed by atoms with E-state index < -0.39 is 0 Å². The topological polar surface area (TPSA) is 48.9 Å². The summed E-state index contributed by atoms with van der Waals surface area (Å²) in [6, 6.07) is 9.11. The Morgan fingerprint density at radius 3 is 2.68 bits per heavy atom. The molecule has 5 heteroatoms. The van der Waals surface area contributed by atoms with E-state index in [0.29, 0.717) is 18.7 Å². The molecule has 1 atom stereocenters. The molecular weight excluding hydrogens is 312 g/mol. The molecule has 1 heterocycles. The Kier molecular flexibility index (Phi) is 8.22. The number of guanidine groups is 1. The molecule has 2 rings (SSSR count). The lowest BCUT2D eigenvalue weighted by molar-refractivity contribution is 0.114. The highest BCUT2D eigenvalue weighted by Crippen LogP contribution is 2.14. The Hall–Kier alpha value is -1.59. The molecule has 1 saturated heterocycles. The van der Waals surface area contributed by atoms with Gasteiger partial charge in [-0.2, -0.15) is 0 Å². The molecule has 0 amide bonds. The van der Waals surface area contributed by atoms with E-state index in [-0.39, 0.29) is 0 Å². The molecular formula is C20H34N4O. The van der Waals surface area contributed by atoms with Gasteiger partial charge < -0.3 is 15.4 Å². The molecule has 1 aliphatic heterocycles. The van der Waals surface area contributed by atoms with Crippen molar-refractivity contribution in [1.82, 2.24) is 15.5 Å². The van der Waals surface area contributed by atoms with Gasteiger partial charge in [-0.3, -0.25) is 4.90 Å². The van der Waals surface area contributed by atoms with Crippen molar-refractivity contribution in [2.45, 2.75) is 58.8 Å². The van der Waals surface area contributed by atoms with Gasteiger partial charge in [-0.15, -0.1) is 0 Å². The maximum absolute atomic E-state index is 5.68. The van der Waals surface area contributed by atoms with Crippen LogP contribution in [-0.2, 0) is 17.8 Å². The van der Waals surface area contributed by atoms with Crippen LogP contribution in [0.15, 0.2) is 29.3 Å². The monoisotopic (exact) mass is 346 g/mol.